The number of nitrogens with one attached hydrogen (secondary N) is 1. The number of amides is 1. The van der Waals surface area contributed by atoms with Gasteiger partial charge in [-0.1, -0.05) is 72.3 Å². The third kappa shape index (κ3) is 4.23. The lowest BCUT2D eigenvalue weighted by Crippen LogP contribution is -2.34. The Kier molecular flexibility index (Phi) is 5.87. The minimum Gasteiger partial charge on any atom is -0.323 e. The Bertz CT molecular complexity index is 1300. The molecule has 1 heterocycles. The summed E-state index contributed by atoms with van der Waals surface area (Å²) < 4.78 is 1.27. The first-order chi connectivity index (χ1) is 15.0. The number of anilines is 1. The number of benzene rings is 3. The number of hydrogen-bond acceptors (Lipinski definition) is 3. The molecule has 1 atom stereocenters. The maximum Gasteiger partial charge on any atom is 0.275 e. The van der Waals surface area contributed by atoms with E-state index in [1.165, 1.54) is 4.68 Å². The normalized spacial score (nSPS) is 12.0. The summed E-state index contributed by atoms with van der Waals surface area (Å²) in [6, 6.07) is 21.9. The molecule has 0 fully saturated rings. The number of hydrogen-bond donors (Lipinski definition) is 1. The Morgan fingerprint density at radius 2 is 1.68 bits per heavy atom. The molecule has 0 saturated heterocycles. The monoisotopic (exact) mass is 431 g/mol. The van der Waals surface area contributed by atoms with Gasteiger partial charge in [-0.2, -0.15) is 5.10 Å². The highest BCUT2D eigenvalue weighted by Crippen LogP contribution is 2.26. The molecule has 0 radical (unpaired) electrons. The van der Waals surface area contributed by atoms with Gasteiger partial charge in [-0.3, -0.25) is 9.59 Å². The zero-order valence-corrected chi connectivity index (χ0v) is 18.1. The standard InChI is InChI=1S/C25H22ClN3O2/c1-16-9-8-14-21(26)23(16)27-24(30)17(2)29-25(31)20-13-7-6-12-19(20)22(28-29)15-18-10-4-3-5-11-18/h3-14,17H,15H2,1-2H3,(H,27,30). The van der Waals surface area contributed by atoms with Crippen molar-refractivity contribution in [1.82, 2.24) is 9.78 Å². The van der Waals surface area contributed by atoms with Crippen LogP contribution >= 0.6 is 11.6 Å². The molecule has 0 bridgehead atoms. The first kappa shape index (κ1) is 20.8. The molecule has 3 aromatic carbocycles. The molecule has 4 rings (SSSR count). The quantitative estimate of drug-likeness (QED) is 0.475. The summed E-state index contributed by atoms with van der Waals surface area (Å²) in [6.07, 6.45) is 0.555. The summed E-state index contributed by atoms with van der Waals surface area (Å²) >= 11 is 6.25. The molecule has 0 aliphatic carbocycles. The molecule has 0 spiro atoms. The molecule has 1 N–H and O–H groups in total. The average molecular weight is 432 g/mol. The van der Waals surface area contributed by atoms with Gasteiger partial charge in [-0.05, 0) is 37.1 Å². The van der Waals surface area contributed by atoms with E-state index in [9.17, 15) is 9.59 Å². The first-order valence-electron chi connectivity index (χ1n) is 10.1. The number of carbonyl (C=O) groups is 1. The molecular formula is C25H22ClN3O2. The van der Waals surface area contributed by atoms with Gasteiger partial charge in [0.1, 0.15) is 6.04 Å². The predicted molar refractivity (Wildman–Crippen MR) is 125 cm³/mol. The van der Waals surface area contributed by atoms with Crippen LogP contribution in [-0.2, 0) is 11.2 Å². The van der Waals surface area contributed by atoms with E-state index in [1.54, 1.807) is 19.1 Å². The topological polar surface area (TPSA) is 64.0 Å². The number of para-hydroxylation sites is 1. The lowest BCUT2D eigenvalue weighted by atomic mass is 10.0. The zero-order valence-electron chi connectivity index (χ0n) is 17.3. The molecule has 1 amide bonds. The smallest absolute Gasteiger partial charge is 0.275 e. The lowest BCUT2D eigenvalue weighted by molar-refractivity contribution is -0.119. The van der Waals surface area contributed by atoms with Crippen LogP contribution in [0, 0.1) is 6.92 Å². The molecule has 4 aromatic rings. The highest BCUT2D eigenvalue weighted by molar-refractivity contribution is 6.34. The van der Waals surface area contributed by atoms with Gasteiger partial charge >= 0.3 is 0 Å². The van der Waals surface area contributed by atoms with E-state index in [-0.39, 0.29) is 11.5 Å². The van der Waals surface area contributed by atoms with Gasteiger partial charge in [-0.25, -0.2) is 4.68 Å². The van der Waals surface area contributed by atoms with Crippen molar-refractivity contribution in [1.29, 1.82) is 0 Å². The third-order valence-electron chi connectivity index (χ3n) is 5.34. The summed E-state index contributed by atoms with van der Waals surface area (Å²) in [6.45, 7) is 3.53. The molecular weight excluding hydrogens is 410 g/mol. The number of rotatable bonds is 5. The van der Waals surface area contributed by atoms with Gasteiger partial charge in [0.25, 0.3) is 5.56 Å². The van der Waals surface area contributed by atoms with Crippen molar-refractivity contribution >= 4 is 34.0 Å². The van der Waals surface area contributed by atoms with Crippen LogP contribution in [0.4, 0.5) is 5.69 Å². The maximum atomic E-state index is 13.2. The highest BCUT2D eigenvalue weighted by atomic mass is 35.5. The van der Waals surface area contributed by atoms with Crippen molar-refractivity contribution in [2.45, 2.75) is 26.3 Å². The van der Waals surface area contributed by atoms with E-state index >= 15 is 0 Å². The summed E-state index contributed by atoms with van der Waals surface area (Å²) in [5.41, 5.74) is 2.91. The van der Waals surface area contributed by atoms with Crippen LogP contribution in [0.25, 0.3) is 10.8 Å². The van der Waals surface area contributed by atoms with Crippen LogP contribution < -0.4 is 10.9 Å². The molecule has 0 aliphatic rings. The van der Waals surface area contributed by atoms with Gasteiger partial charge in [-0.15, -0.1) is 0 Å². The van der Waals surface area contributed by atoms with Gasteiger partial charge in [0.2, 0.25) is 5.91 Å². The summed E-state index contributed by atoms with van der Waals surface area (Å²) in [5, 5.41) is 9.24. The Labute approximate surface area is 185 Å². The van der Waals surface area contributed by atoms with Crippen LogP contribution in [0.3, 0.4) is 0 Å². The number of aryl methyl sites for hydroxylation is 1. The lowest BCUT2D eigenvalue weighted by Gasteiger charge is -2.18. The van der Waals surface area contributed by atoms with E-state index in [0.29, 0.717) is 22.5 Å². The number of aromatic nitrogens is 2. The first-order valence-corrected chi connectivity index (χ1v) is 10.4. The number of fused-ring (bicyclic) bond motifs is 1. The van der Waals surface area contributed by atoms with Crippen LogP contribution in [0.15, 0.2) is 77.6 Å². The molecule has 1 unspecified atom stereocenters. The van der Waals surface area contributed by atoms with Crippen molar-refractivity contribution in [3.63, 3.8) is 0 Å². The van der Waals surface area contributed by atoms with E-state index in [1.807, 2.05) is 67.6 Å². The zero-order chi connectivity index (χ0) is 22.0. The summed E-state index contributed by atoms with van der Waals surface area (Å²) in [5.74, 6) is -0.355. The Hall–Kier alpha value is -3.44. The molecule has 156 valence electrons. The van der Waals surface area contributed by atoms with Crippen LogP contribution in [0.2, 0.25) is 5.02 Å². The fourth-order valence-corrected chi connectivity index (χ4v) is 3.85. The number of halogens is 1. The second kappa shape index (κ2) is 8.74. The van der Waals surface area contributed by atoms with E-state index in [2.05, 4.69) is 10.4 Å². The maximum absolute atomic E-state index is 13.2. The van der Waals surface area contributed by atoms with E-state index < -0.39 is 6.04 Å². The Balaban J connectivity index is 1.75. The molecule has 5 nitrogen and oxygen atoms in total. The Morgan fingerprint density at radius 1 is 1.00 bits per heavy atom. The van der Waals surface area contributed by atoms with Crippen molar-refractivity contribution in [2.75, 3.05) is 5.32 Å². The molecule has 6 heteroatoms. The second-order valence-corrected chi connectivity index (χ2v) is 7.91. The third-order valence-corrected chi connectivity index (χ3v) is 5.65. The van der Waals surface area contributed by atoms with E-state index in [4.69, 9.17) is 11.6 Å². The fourth-order valence-electron chi connectivity index (χ4n) is 3.59. The number of carbonyl (C=O) groups excluding carboxylic acids is 1. The van der Waals surface area contributed by atoms with Crippen LogP contribution in [-0.4, -0.2) is 15.7 Å². The van der Waals surface area contributed by atoms with Crippen molar-refractivity contribution < 1.29 is 4.79 Å². The van der Waals surface area contributed by atoms with Crippen molar-refractivity contribution in [2.24, 2.45) is 0 Å². The van der Waals surface area contributed by atoms with Gasteiger partial charge in [0.05, 0.1) is 21.8 Å². The second-order valence-electron chi connectivity index (χ2n) is 7.50. The van der Waals surface area contributed by atoms with Gasteiger partial charge in [0.15, 0.2) is 0 Å². The van der Waals surface area contributed by atoms with Gasteiger partial charge in [0, 0.05) is 11.8 Å². The van der Waals surface area contributed by atoms with Crippen LogP contribution in [0.5, 0.6) is 0 Å². The SMILES string of the molecule is Cc1cccc(Cl)c1NC(=O)C(C)n1nc(Cc2ccccc2)c2ccccc2c1=O. The Morgan fingerprint density at radius 3 is 2.39 bits per heavy atom. The molecule has 1 aromatic heterocycles. The molecule has 31 heavy (non-hydrogen) atoms. The minimum absolute atomic E-state index is 0.300. The minimum atomic E-state index is -0.817. The van der Waals surface area contributed by atoms with Gasteiger partial charge < -0.3 is 5.32 Å². The van der Waals surface area contributed by atoms with Crippen molar-refractivity contribution in [3.05, 3.63) is 105 Å². The highest BCUT2D eigenvalue weighted by Gasteiger charge is 2.22. The predicted octanol–water partition coefficient (Wildman–Crippen LogP) is 5.15. The average Bonchev–Trinajstić information content (AvgIpc) is 2.78. The molecule has 0 aliphatic heterocycles. The summed E-state index contributed by atoms with van der Waals surface area (Å²) in [7, 11) is 0. The molecule has 0 saturated carbocycles. The van der Waals surface area contributed by atoms with Crippen LogP contribution in [0.1, 0.15) is 29.8 Å². The van der Waals surface area contributed by atoms with E-state index in [0.717, 1.165) is 22.2 Å². The largest absolute Gasteiger partial charge is 0.323 e. The number of nitrogens with zero attached hydrogens (tertiary/aromatic N) is 2. The fraction of sp³-hybridized carbons (Fsp3) is 0.160. The van der Waals surface area contributed by atoms with Crippen molar-refractivity contribution in [3.8, 4) is 0 Å². The summed E-state index contributed by atoms with van der Waals surface area (Å²) in [4.78, 5) is 26.2.